The van der Waals surface area contributed by atoms with Crippen LogP contribution in [0.25, 0.3) is 0 Å². The monoisotopic (exact) mass is 419 g/mol. The fraction of sp³-hybridized carbons (Fsp3) is 0.600. The molecule has 9 heteroatoms. The zero-order chi connectivity index (χ0) is 22.1. The maximum atomic E-state index is 13.0. The molecular weight excluding hydrogens is 387 g/mol. The topological polar surface area (TPSA) is 93.5 Å². The third kappa shape index (κ3) is 16.4. The average Bonchev–Trinajstić information content (AvgIpc) is 2.63. The van der Waals surface area contributed by atoms with Gasteiger partial charge in [-0.3, -0.25) is 4.79 Å². The van der Waals surface area contributed by atoms with Crippen LogP contribution >= 0.6 is 0 Å². The first-order chi connectivity index (χ1) is 13.7. The normalized spacial score (nSPS) is 11.8. The van der Waals surface area contributed by atoms with Crippen LogP contribution in [0.5, 0.6) is 0 Å². The summed E-state index contributed by atoms with van der Waals surface area (Å²) in [5, 5.41) is 4.64. The molecule has 0 radical (unpaired) electrons. The number of nitrogens with one attached hydrogen (secondary N) is 2. The summed E-state index contributed by atoms with van der Waals surface area (Å²) in [4.78, 5) is 20.7. The number of ether oxygens (including phenoxy) is 1. The van der Waals surface area contributed by atoms with Crippen LogP contribution in [-0.2, 0) is 16.0 Å². The van der Waals surface area contributed by atoms with Gasteiger partial charge in [0.05, 0.1) is 6.61 Å². The Labute approximate surface area is 170 Å². The predicted molar refractivity (Wildman–Crippen MR) is 106 cm³/mol. The number of primary amides is 1. The van der Waals surface area contributed by atoms with Crippen molar-refractivity contribution in [3.8, 4) is 0 Å². The van der Waals surface area contributed by atoms with E-state index in [0.29, 0.717) is 6.42 Å². The molecule has 1 atom stereocenters. The summed E-state index contributed by atoms with van der Waals surface area (Å²) >= 11 is 0. The maximum Gasteiger partial charge on any atom is 0.407 e. The Morgan fingerprint density at radius 3 is 2.31 bits per heavy atom. The van der Waals surface area contributed by atoms with Crippen molar-refractivity contribution in [2.75, 3.05) is 19.7 Å². The lowest BCUT2D eigenvalue weighted by molar-refractivity contribution is -0.154. The van der Waals surface area contributed by atoms with Crippen molar-refractivity contribution in [1.82, 2.24) is 10.6 Å². The highest BCUT2D eigenvalue weighted by Crippen LogP contribution is 2.19. The molecule has 0 heterocycles. The number of benzene rings is 1. The number of amides is 2. The zero-order valence-corrected chi connectivity index (χ0v) is 17.1. The van der Waals surface area contributed by atoms with E-state index in [1.165, 1.54) is 6.92 Å². The number of halogens is 3. The van der Waals surface area contributed by atoms with Crippen molar-refractivity contribution >= 4 is 12.0 Å². The SMILES string of the molecule is CC(N)=O.CCCCCCOC(=O)NCC(NCCc1ccccc1)C(F)(F)F. The summed E-state index contributed by atoms with van der Waals surface area (Å²) in [7, 11) is 0. The largest absolute Gasteiger partial charge is 0.450 e. The molecule has 0 aliphatic rings. The van der Waals surface area contributed by atoms with Crippen LogP contribution < -0.4 is 16.4 Å². The van der Waals surface area contributed by atoms with E-state index in [4.69, 9.17) is 4.74 Å². The first-order valence-corrected chi connectivity index (χ1v) is 9.67. The molecule has 29 heavy (non-hydrogen) atoms. The fourth-order valence-corrected chi connectivity index (χ4v) is 2.27. The van der Waals surface area contributed by atoms with Crippen molar-refractivity contribution in [1.29, 1.82) is 0 Å². The Morgan fingerprint density at radius 2 is 1.76 bits per heavy atom. The Morgan fingerprint density at radius 1 is 1.14 bits per heavy atom. The number of rotatable bonds is 11. The number of alkyl carbamates (subject to hydrolysis) is 1. The number of carbonyl (C=O) groups is 2. The summed E-state index contributed by atoms with van der Waals surface area (Å²) in [6.07, 6.45) is -0.994. The van der Waals surface area contributed by atoms with Crippen LogP contribution in [0.15, 0.2) is 30.3 Å². The van der Waals surface area contributed by atoms with Crippen LogP contribution in [0.2, 0.25) is 0 Å². The molecule has 1 unspecified atom stereocenters. The summed E-state index contributed by atoms with van der Waals surface area (Å²) < 4.78 is 44.0. The first kappa shape index (κ1) is 26.7. The second-order valence-electron chi connectivity index (χ2n) is 6.47. The number of alkyl halides is 3. The van der Waals surface area contributed by atoms with Crippen molar-refractivity contribution in [3.05, 3.63) is 35.9 Å². The van der Waals surface area contributed by atoms with E-state index in [1.54, 1.807) is 0 Å². The predicted octanol–water partition coefficient (Wildman–Crippen LogP) is 3.55. The van der Waals surface area contributed by atoms with Gasteiger partial charge < -0.3 is 21.1 Å². The van der Waals surface area contributed by atoms with Crippen LogP contribution in [0.1, 0.15) is 45.1 Å². The summed E-state index contributed by atoms with van der Waals surface area (Å²) in [6, 6.07) is 7.46. The highest BCUT2D eigenvalue weighted by atomic mass is 19.4. The van der Waals surface area contributed by atoms with Crippen molar-refractivity contribution in [2.45, 2.75) is 58.2 Å². The lowest BCUT2D eigenvalue weighted by atomic mass is 10.1. The van der Waals surface area contributed by atoms with Gasteiger partial charge >= 0.3 is 12.3 Å². The zero-order valence-electron chi connectivity index (χ0n) is 17.1. The van der Waals surface area contributed by atoms with Crippen molar-refractivity contribution in [3.63, 3.8) is 0 Å². The minimum Gasteiger partial charge on any atom is -0.450 e. The molecule has 0 aliphatic carbocycles. The minimum absolute atomic E-state index is 0.169. The second kappa shape index (κ2) is 15.6. The standard InChI is InChI=1S/C18H27F3N2O2.C2H5NO/c1-2-3-4-8-13-25-17(24)23-14-16(18(19,20)21)22-12-11-15-9-6-5-7-10-15;1-2(3)4/h5-7,9-10,16,22H,2-4,8,11-14H2,1H3,(H,23,24);1H3,(H2,3,4). The molecule has 1 aromatic rings. The van der Waals surface area contributed by atoms with Crippen molar-refractivity contribution < 1.29 is 27.5 Å². The van der Waals surface area contributed by atoms with Gasteiger partial charge in [-0.05, 0) is 24.9 Å². The van der Waals surface area contributed by atoms with E-state index in [9.17, 15) is 22.8 Å². The Hall–Kier alpha value is -2.29. The molecule has 4 N–H and O–H groups in total. The van der Waals surface area contributed by atoms with Crippen LogP contribution in [-0.4, -0.2) is 43.9 Å². The molecule has 6 nitrogen and oxygen atoms in total. The average molecular weight is 419 g/mol. The molecule has 166 valence electrons. The van der Waals surface area contributed by atoms with E-state index >= 15 is 0 Å². The number of hydrogen-bond donors (Lipinski definition) is 3. The maximum absolute atomic E-state index is 13.0. The van der Waals surface area contributed by atoms with Gasteiger partial charge in [0, 0.05) is 13.5 Å². The lowest BCUT2D eigenvalue weighted by Crippen LogP contribution is -2.50. The van der Waals surface area contributed by atoms with Crippen LogP contribution in [0.3, 0.4) is 0 Å². The van der Waals surface area contributed by atoms with Gasteiger partial charge in [0.25, 0.3) is 0 Å². The Bertz CT molecular complexity index is 565. The van der Waals surface area contributed by atoms with Crippen LogP contribution in [0.4, 0.5) is 18.0 Å². The highest BCUT2D eigenvalue weighted by Gasteiger charge is 2.39. The molecule has 0 fully saturated rings. The van der Waals surface area contributed by atoms with Gasteiger partial charge in [-0.2, -0.15) is 13.2 Å². The van der Waals surface area contributed by atoms with Gasteiger partial charge in [-0.15, -0.1) is 0 Å². The van der Waals surface area contributed by atoms with E-state index < -0.39 is 24.9 Å². The molecule has 0 saturated heterocycles. The van der Waals surface area contributed by atoms with Gasteiger partial charge in [0.15, 0.2) is 0 Å². The third-order valence-corrected chi connectivity index (χ3v) is 3.72. The van der Waals surface area contributed by atoms with Gasteiger partial charge in [0.1, 0.15) is 6.04 Å². The molecular formula is C20H32F3N3O3. The summed E-state index contributed by atoms with van der Waals surface area (Å²) in [5.41, 5.74) is 5.43. The number of nitrogens with two attached hydrogens (primary N) is 1. The quantitative estimate of drug-likeness (QED) is 0.478. The van der Waals surface area contributed by atoms with E-state index in [-0.39, 0.29) is 19.1 Å². The molecule has 0 bridgehead atoms. The lowest BCUT2D eigenvalue weighted by Gasteiger charge is -2.22. The Balaban J connectivity index is 0.00000178. The Kier molecular flexibility index (Phi) is 14.4. The van der Waals surface area contributed by atoms with Gasteiger partial charge in [-0.25, -0.2) is 4.79 Å². The van der Waals surface area contributed by atoms with Gasteiger partial charge in [0.2, 0.25) is 5.91 Å². The fourth-order valence-electron chi connectivity index (χ4n) is 2.27. The smallest absolute Gasteiger partial charge is 0.407 e. The van der Waals surface area contributed by atoms with E-state index in [1.807, 2.05) is 30.3 Å². The summed E-state index contributed by atoms with van der Waals surface area (Å²) in [5.74, 6) is -0.333. The molecule has 0 saturated carbocycles. The number of hydrogen-bond acceptors (Lipinski definition) is 4. The minimum atomic E-state index is -4.44. The first-order valence-electron chi connectivity index (χ1n) is 9.67. The number of carbonyl (C=O) groups excluding carboxylic acids is 2. The molecule has 1 aromatic carbocycles. The second-order valence-corrected chi connectivity index (χ2v) is 6.47. The number of unbranched alkanes of at least 4 members (excludes halogenated alkanes) is 3. The molecule has 0 spiro atoms. The van der Waals surface area contributed by atoms with E-state index in [2.05, 4.69) is 23.3 Å². The molecule has 2 amide bonds. The van der Waals surface area contributed by atoms with Crippen LogP contribution in [0, 0.1) is 0 Å². The summed E-state index contributed by atoms with van der Waals surface area (Å²) in [6.45, 7) is 3.22. The molecule has 0 aromatic heterocycles. The molecule has 0 aliphatic heterocycles. The molecule has 1 rings (SSSR count). The van der Waals surface area contributed by atoms with Gasteiger partial charge in [-0.1, -0.05) is 56.5 Å². The van der Waals surface area contributed by atoms with E-state index in [0.717, 1.165) is 31.2 Å². The third-order valence-electron chi connectivity index (χ3n) is 3.72. The highest BCUT2D eigenvalue weighted by molar-refractivity contribution is 5.70. The van der Waals surface area contributed by atoms with Crippen molar-refractivity contribution in [2.24, 2.45) is 5.73 Å².